The Morgan fingerprint density at radius 2 is 2.00 bits per heavy atom. The van der Waals surface area contributed by atoms with Gasteiger partial charge in [-0.3, -0.25) is 0 Å². The Balaban J connectivity index is 1.98. The van der Waals surface area contributed by atoms with E-state index >= 15 is 0 Å². The second-order valence-corrected chi connectivity index (χ2v) is 4.55. The maximum Gasteiger partial charge on any atom is 0.0322 e. The van der Waals surface area contributed by atoms with Crippen LogP contribution in [0.15, 0.2) is 30.3 Å². The predicted octanol–water partition coefficient (Wildman–Crippen LogP) is 3.67. The van der Waals surface area contributed by atoms with E-state index in [1.807, 2.05) is 0 Å². The Bertz CT molecular complexity index is 279. The number of rotatable bonds is 3. The van der Waals surface area contributed by atoms with Gasteiger partial charge in [0.05, 0.1) is 0 Å². The molecule has 0 saturated carbocycles. The van der Waals surface area contributed by atoms with Crippen LogP contribution in [0.1, 0.15) is 50.6 Å². The lowest BCUT2D eigenvalue weighted by Gasteiger charge is -2.31. The van der Waals surface area contributed by atoms with E-state index in [0.717, 1.165) is 6.04 Å². The van der Waals surface area contributed by atoms with Crippen molar-refractivity contribution in [3.05, 3.63) is 35.9 Å². The molecule has 0 radical (unpaired) electrons. The molecule has 1 heteroatoms. The van der Waals surface area contributed by atoms with E-state index in [1.165, 1.54) is 37.7 Å². The van der Waals surface area contributed by atoms with Crippen molar-refractivity contribution in [2.75, 3.05) is 0 Å². The highest BCUT2D eigenvalue weighted by molar-refractivity contribution is 5.19. The topological polar surface area (TPSA) is 12.0 Å². The number of hydrogen-bond donors (Lipinski definition) is 1. The molecule has 1 aromatic carbocycles. The quantitative estimate of drug-likeness (QED) is 0.790. The van der Waals surface area contributed by atoms with Crippen molar-refractivity contribution in [1.29, 1.82) is 0 Å². The van der Waals surface area contributed by atoms with Gasteiger partial charge >= 0.3 is 0 Å². The first-order valence-corrected chi connectivity index (χ1v) is 6.21. The van der Waals surface area contributed by atoms with E-state index < -0.39 is 0 Å². The molecule has 82 valence electrons. The molecule has 0 spiro atoms. The van der Waals surface area contributed by atoms with Crippen molar-refractivity contribution >= 4 is 0 Å². The average Bonchev–Trinajstić information content (AvgIpc) is 2.31. The fourth-order valence-electron chi connectivity index (χ4n) is 2.54. The number of nitrogens with one attached hydrogen (secondary N) is 1. The molecule has 0 amide bonds. The minimum Gasteiger partial charge on any atom is -0.307 e. The standard InChI is InChI=1S/C14H21N/c1-2-7-13-10-6-11-14(15-13)12-8-4-3-5-9-12/h3-5,8-9,13-15H,2,6-7,10-11H2,1H3/t13-,14-/m0/s1. The third-order valence-electron chi connectivity index (χ3n) is 3.32. The number of benzene rings is 1. The van der Waals surface area contributed by atoms with Gasteiger partial charge in [-0.25, -0.2) is 0 Å². The Morgan fingerprint density at radius 3 is 2.73 bits per heavy atom. The highest BCUT2D eigenvalue weighted by Crippen LogP contribution is 2.26. The van der Waals surface area contributed by atoms with E-state index in [4.69, 9.17) is 0 Å². The first-order valence-electron chi connectivity index (χ1n) is 6.21. The summed E-state index contributed by atoms with van der Waals surface area (Å²) in [5.74, 6) is 0. The van der Waals surface area contributed by atoms with Crippen LogP contribution in [0.5, 0.6) is 0 Å². The van der Waals surface area contributed by atoms with Crippen molar-refractivity contribution in [3.8, 4) is 0 Å². The monoisotopic (exact) mass is 203 g/mol. The van der Waals surface area contributed by atoms with Gasteiger partial charge in [0.2, 0.25) is 0 Å². The van der Waals surface area contributed by atoms with Gasteiger partial charge in [-0.1, -0.05) is 50.1 Å². The molecule has 1 nitrogen and oxygen atoms in total. The lowest BCUT2D eigenvalue weighted by Crippen LogP contribution is -2.36. The summed E-state index contributed by atoms with van der Waals surface area (Å²) in [6.45, 7) is 2.27. The van der Waals surface area contributed by atoms with Crippen LogP contribution in [0, 0.1) is 0 Å². The van der Waals surface area contributed by atoms with E-state index in [1.54, 1.807) is 0 Å². The molecule has 1 fully saturated rings. The van der Waals surface area contributed by atoms with Gasteiger partial charge in [-0.2, -0.15) is 0 Å². The van der Waals surface area contributed by atoms with Gasteiger partial charge in [-0.15, -0.1) is 0 Å². The molecule has 0 bridgehead atoms. The zero-order chi connectivity index (χ0) is 10.5. The van der Waals surface area contributed by atoms with Gasteiger partial charge < -0.3 is 5.32 Å². The Hall–Kier alpha value is -0.820. The normalized spacial score (nSPS) is 26.5. The second-order valence-electron chi connectivity index (χ2n) is 4.55. The zero-order valence-corrected chi connectivity index (χ0v) is 9.58. The van der Waals surface area contributed by atoms with Crippen LogP contribution in [0.25, 0.3) is 0 Å². The Labute approximate surface area is 92.9 Å². The van der Waals surface area contributed by atoms with E-state index in [9.17, 15) is 0 Å². The molecule has 1 aliphatic heterocycles. The maximum atomic E-state index is 3.77. The van der Waals surface area contributed by atoms with Crippen molar-refractivity contribution in [2.45, 2.75) is 51.1 Å². The summed E-state index contributed by atoms with van der Waals surface area (Å²) in [7, 11) is 0. The summed E-state index contributed by atoms with van der Waals surface area (Å²) < 4.78 is 0. The smallest absolute Gasteiger partial charge is 0.0322 e. The fourth-order valence-corrected chi connectivity index (χ4v) is 2.54. The molecule has 1 N–H and O–H groups in total. The first kappa shape index (κ1) is 10.7. The molecule has 15 heavy (non-hydrogen) atoms. The second kappa shape index (κ2) is 5.32. The van der Waals surface area contributed by atoms with Gasteiger partial charge in [0.1, 0.15) is 0 Å². The highest BCUT2D eigenvalue weighted by Gasteiger charge is 2.20. The summed E-state index contributed by atoms with van der Waals surface area (Å²) >= 11 is 0. The summed E-state index contributed by atoms with van der Waals surface area (Å²) in [5, 5.41) is 3.77. The summed E-state index contributed by atoms with van der Waals surface area (Å²) in [6.07, 6.45) is 6.64. The maximum absolute atomic E-state index is 3.77. The number of piperidine rings is 1. The molecule has 1 aromatic rings. The van der Waals surface area contributed by atoms with Crippen LogP contribution in [-0.4, -0.2) is 6.04 Å². The summed E-state index contributed by atoms with van der Waals surface area (Å²) in [4.78, 5) is 0. The summed E-state index contributed by atoms with van der Waals surface area (Å²) in [5.41, 5.74) is 1.46. The Morgan fingerprint density at radius 1 is 1.20 bits per heavy atom. The predicted molar refractivity (Wildman–Crippen MR) is 64.9 cm³/mol. The molecule has 0 aliphatic carbocycles. The van der Waals surface area contributed by atoms with Crippen molar-refractivity contribution in [3.63, 3.8) is 0 Å². The largest absolute Gasteiger partial charge is 0.307 e. The summed E-state index contributed by atoms with van der Waals surface area (Å²) in [6, 6.07) is 12.2. The molecule has 2 rings (SSSR count). The van der Waals surface area contributed by atoms with Crippen molar-refractivity contribution in [1.82, 2.24) is 5.32 Å². The van der Waals surface area contributed by atoms with Crippen LogP contribution in [0.4, 0.5) is 0 Å². The van der Waals surface area contributed by atoms with Gasteiger partial charge in [0.15, 0.2) is 0 Å². The zero-order valence-electron chi connectivity index (χ0n) is 9.58. The minimum atomic E-state index is 0.594. The minimum absolute atomic E-state index is 0.594. The Kier molecular flexibility index (Phi) is 3.79. The number of hydrogen-bond acceptors (Lipinski definition) is 1. The van der Waals surface area contributed by atoms with Crippen LogP contribution in [0.3, 0.4) is 0 Å². The van der Waals surface area contributed by atoms with Crippen LogP contribution in [0.2, 0.25) is 0 Å². The van der Waals surface area contributed by atoms with Gasteiger partial charge in [0.25, 0.3) is 0 Å². The molecule has 2 atom stereocenters. The highest BCUT2D eigenvalue weighted by atomic mass is 15.0. The average molecular weight is 203 g/mol. The van der Waals surface area contributed by atoms with Gasteiger partial charge in [0, 0.05) is 12.1 Å². The van der Waals surface area contributed by atoms with Crippen LogP contribution >= 0.6 is 0 Å². The molecule has 0 unspecified atom stereocenters. The van der Waals surface area contributed by atoms with Crippen molar-refractivity contribution < 1.29 is 0 Å². The fraction of sp³-hybridized carbons (Fsp3) is 0.571. The molecule has 1 saturated heterocycles. The van der Waals surface area contributed by atoms with E-state index in [2.05, 4.69) is 42.6 Å². The van der Waals surface area contributed by atoms with Gasteiger partial charge in [-0.05, 0) is 24.8 Å². The lowest BCUT2D eigenvalue weighted by atomic mass is 9.92. The van der Waals surface area contributed by atoms with Crippen molar-refractivity contribution in [2.24, 2.45) is 0 Å². The van der Waals surface area contributed by atoms with Crippen LogP contribution < -0.4 is 5.32 Å². The third kappa shape index (κ3) is 2.82. The molecular weight excluding hydrogens is 182 g/mol. The van der Waals surface area contributed by atoms with E-state index in [0.29, 0.717) is 6.04 Å². The van der Waals surface area contributed by atoms with E-state index in [-0.39, 0.29) is 0 Å². The molecule has 1 aliphatic rings. The van der Waals surface area contributed by atoms with Crippen LogP contribution in [-0.2, 0) is 0 Å². The molecular formula is C14H21N. The lowest BCUT2D eigenvalue weighted by molar-refractivity contribution is 0.310. The first-order chi connectivity index (χ1) is 7.40. The third-order valence-corrected chi connectivity index (χ3v) is 3.32. The molecule has 0 aromatic heterocycles. The SMILES string of the molecule is CCC[C@H]1CCC[C@@H](c2ccccc2)N1. The molecule has 1 heterocycles.